The van der Waals surface area contributed by atoms with Crippen molar-refractivity contribution in [2.45, 2.75) is 72.1 Å². The number of carbonyl (C=O) groups is 3. The van der Waals surface area contributed by atoms with Gasteiger partial charge in [-0.3, -0.25) is 19.8 Å². The monoisotopic (exact) mass is 296 g/mol. The zero-order valence-electron chi connectivity index (χ0n) is 13.5. The Labute approximate surface area is 127 Å². The summed E-state index contributed by atoms with van der Waals surface area (Å²) in [5, 5.41) is 2.25. The van der Waals surface area contributed by atoms with Crippen LogP contribution < -0.4 is 5.32 Å². The Balaban J connectivity index is 2.26. The Morgan fingerprint density at radius 1 is 0.905 bits per heavy atom. The summed E-state index contributed by atoms with van der Waals surface area (Å²) in [6.45, 7) is 5.71. The van der Waals surface area contributed by atoms with Crippen LogP contribution in [-0.4, -0.2) is 29.3 Å². The average Bonchev–Trinajstić information content (AvgIpc) is 2.43. The van der Waals surface area contributed by atoms with Gasteiger partial charge in [0, 0.05) is 6.54 Å². The smallest absolute Gasteiger partial charge is 0.277 e. The van der Waals surface area contributed by atoms with Crippen LogP contribution >= 0.6 is 0 Å². The fourth-order valence-electron chi connectivity index (χ4n) is 2.45. The molecule has 0 aromatic carbocycles. The standard InChI is InChI=1S/C16H28N2O3/c1-4-5-6-7-8-9-10-11-12-18-14(20)16(2,3)13(19)17-15(18)21/h4-12H2,1-3H3,(H,17,19,21). The van der Waals surface area contributed by atoms with Gasteiger partial charge in [0.15, 0.2) is 0 Å². The predicted molar refractivity (Wildman–Crippen MR) is 81.6 cm³/mol. The minimum Gasteiger partial charge on any atom is -0.277 e. The van der Waals surface area contributed by atoms with E-state index in [0.29, 0.717) is 6.54 Å². The van der Waals surface area contributed by atoms with Crippen LogP contribution in [0.2, 0.25) is 0 Å². The molecule has 1 N–H and O–H groups in total. The maximum absolute atomic E-state index is 12.2. The zero-order chi connectivity index (χ0) is 15.9. The van der Waals surface area contributed by atoms with Gasteiger partial charge in [-0.05, 0) is 20.3 Å². The van der Waals surface area contributed by atoms with Crippen molar-refractivity contribution in [2.24, 2.45) is 5.41 Å². The topological polar surface area (TPSA) is 66.5 Å². The molecule has 0 aromatic rings. The molecule has 0 radical (unpaired) electrons. The molecule has 1 fully saturated rings. The summed E-state index contributed by atoms with van der Waals surface area (Å²) in [6.07, 6.45) is 9.26. The van der Waals surface area contributed by atoms with Crippen molar-refractivity contribution < 1.29 is 14.4 Å². The summed E-state index contributed by atoms with van der Waals surface area (Å²) < 4.78 is 0. The minimum atomic E-state index is -1.14. The van der Waals surface area contributed by atoms with Crippen molar-refractivity contribution >= 4 is 17.8 Å². The fourth-order valence-corrected chi connectivity index (χ4v) is 2.45. The van der Waals surface area contributed by atoms with E-state index in [4.69, 9.17) is 0 Å². The van der Waals surface area contributed by atoms with Crippen LogP contribution in [0.3, 0.4) is 0 Å². The molecule has 5 heteroatoms. The van der Waals surface area contributed by atoms with Crippen LogP contribution in [0.4, 0.5) is 4.79 Å². The summed E-state index contributed by atoms with van der Waals surface area (Å²) in [7, 11) is 0. The van der Waals surface area contributed by atoms with E-state index in [1.54, 1.807) is 13.8 Å². The second kappa shape index (κ2) is 8.15. The highest BCUT2D eigenvalue weighted by molar-refractivity contribution is 6.18. The van der Waals surface area contributed by atoms with E-state index in [1.807, 2.05) is 0 Å². The molecule has 1 heterocycles. The molecule has 1 rings (SSSR count). The molecule has 0 spiro atoms. The van der Waals surface area contributed by atoms with Gasteiger partial charge in [0.2, 0.25) is 11.8 Å². The molecule has 1 saturated heterocycles. The van der Waals surface area contributed by atoms with Gasteiger partial charge in [-0.25, -0.2) is 4.79 Å². The minimum absolute atomic E-state index is 0.390. The second-order valence-electron chi connectivity index (χ2n) is 6.32. The van der Waals surface area contributed by atoms with Crippen LogP contribution in [0.25, 0.3) is 0 Å². The fraction of sp³-hybridized carbons (Fsp3) is 0.812. The maximum atomic E-state index is 12.2. The number of hydrogen-bond donors (Lipinski definition) is 1. The zero-order valence-corrected chi connectivity index (χ0v) is 13.5. The highest BCUT2D eigenvalue weighted by atomic mass is 16.2. The number of hydrogen-bond acceptors (Lipinski definition) is 3. The third-order valence-electron chi connectivity index (χ3n) is 4.05. The first-order valence-electron chi connectivity index (χ1n) is 8.08. The van der Waals surface area contributed by atoms with Crippen LogP contribution in [0.5, 0.6) is 0 Å². The van der Waals surface area contributed by atoms with Gasteiger partial charge in [-0.1, -0.05) is 51.9 Å². The van der Waals surface area contributed by atoms with E-state index in [2.05, 4.69) is 12.2 Å². The molecule has 0 aromatic heterocycles. The van der Waals surface area contributed by atoms with Crippen LogP contribution in [0.15, 0.2) is 0 Å². The van der Waals surface area contributed by atoms with Gasteiger partial charge >= 0.3 is 6.03 Å². The molecular formula is C16H28N2O3. The maximum Gasteiger partial charge on any atom is 0.330 e. The summed E-state index contributed by atoms with van der Waals surface area (Å²) in [4.78, 5) is 36.6. The number of barbiturate groups is 1. The highest BCUT2D eigenvalue weighted by Gasteiger charge is 2.46. The summed E-state index contributed by atoms with van der Waals surface area (Å²) in [6, 6.07) is -0.577. The molecule has 4 amide bonds. The summed E-state index contributed by atoms with van der Waals surface area (Å²) in [5.74, 6) is -0.899. The number of carbonyl (C=O) groups excluding carboxylic acids is 3. The third kappa shape index (κ3) is 4.83. The highest BCUT2D eigenvalue weighted by Crippen LogP contribution is 2.23. The Kier molecular flexibility index (Phi) is 6.85. The first-order valence-corrected chi connectivity index (χ1v) is 8.08. The lowest BCUT2D eigenvalue weighted by Gasteiger charge is -2.34. The number of imide groups is 2. The lowest BCUT2D eigenvalue weighted by Crippen LogP contribution is -2.61. The largest absolute Gasteiger partial charge is 0.330 e. The molecule has 0 unspecified atom stereocenters. The van der Waals surface area contributed by atoms with E-state index in [1.165, 1.54) is 37.0 Å². The molecule has 1 aliphatic heterocycles. The first-order chi connectivity index (χ1) is 9.91. The van der Waals surface area contributed by atoms with Gasteiger partial charge in [-0.15, -0.1) is 0 Å². The SMILES string of the molecule is CCCCCCCCCCN1C(=O)NC(=O)C(C)(C)C1=O. The predicted octanol–water partition coefficient (Wildman–Crippen LogP) is 3.23. The number of urea groups is 1. The molecule has 0 atom stereocenters. The van der Waals surface area contributed by atoms with Gasteiger partial charge in [0.25, 0.3) is 0 Å². The molecule has 1 aliphatic rings. The number of unbranched alkanes of at least 4 members (excludes halogenated alkanes) is 7. The van der Waals surface area contributed by atoms with Gasteiger partial charge in [-0.2, -0.15) is 0 Å². The molecule has 0 bridgehead atoms. The van der Waals surface area contributed by atoms with Crippen molar-refractivity contribution in [3.63, 3.8) is 0 Å². The number of nitrogens with zero attached hydrogens (tertiary/aromatic N) is 1. The quantitative estimate of drug-likeness (QED) is 0.524. The second-order valence-corrected chi connectivity index (χ2v) is 6.32. The van der Waals surface area contributed by atoms with Gasteiger partial charge in [0.1, 0.15) is 5.41 Å². The van der Waals surface area contributed by atoms with Crippen LogP contribution in [-0.2, 0) is 9.59 Å². The normalized spacial score (nSPS) is 18.0. The third-order valence-corrected chi connectivity index (χ3v) is 4.05. The van der Waals surface area contributed by atoms with E-state index >= 15 is 0 Å². The Hall–Kier alpha value is -1.39. The van der Waals surface area contributed by atoms with Crippen molar-refractivity contribution in [2.75, 3.05) is 6.54 Å². The van der Waals surface area contributed by atoms with Crippen molar-refractivity contribution in [3.8, 4) is 0 Å². The molecular weight excluding hydrogens is 268 g/mol. The molecule has 21 heavy (non-hydrogen) atoms. The number of amides is 4. The molecule has 5 nitrogen and oxygen atoms in total. The lowest BCUT2D eigenvalue weighted by atomic mass is 9.88. The van der Waals surface area contributed by atoms with Gasteiger partial charge in [0.05, 0.1) is 0 Å². The summed E-state index contributed by atoms with van der Waals surface area (Å²) in [5.41, 5.74) is -1.14. The Morgan fingerprint density at radius 3 is 2.00 bits per heavy atom. The average molecular weight is 296 g/mol. The van der Waals surface area contributed by atoms with Crippen molar-refractivity contribution in [1.29, 1.82) is 0 Å². The Morgan fingerprint density at radius 2 is 1.43 bits per heavy atom. The van der Waals surface area contributed by atoms with Gasteiger partial charge < -0.3 is 0 Å². The summed E-state index contributed by atoms with van der Waals surface area (Å²) >= 11 is 0. The van der Waals surface area contributed by atoms with E-state index in [0.717, 1.165) is 19.3 Å². The van der Waals surface area contributed by atoms with E-state index in [9.17, 15) is 14.4 Å². The van der Waals surface area contributed by atoms with E-state index in [-0.39, 0.29) is 5.91 Å². The van der Waals surface area contributed by atoms with Crippen LogP contribution in [0.1, 0.15) is 72.1 Å². The molecule has 120 valence electrons. The molecule has 0 aliphatic carbocycles. The van der Waals surface area contributed by atoms with Crippen molar-refractivity contribution in [3.05, 3.63) is 0 Å². The van der Waals surface area contributed by atoms with Crippen LogP contribution in [0, 0.1) is 5.41 Å². The number of rotatable bonds is 9. The Bertz CT molecular complexity index is 391. The first kappa shape index (κ1) is 17.7. The lowest BCUT2D eigenvalue weighted by molar-refractivity contribution is -0.149. The number of nitrogens with one attached hydrogen (secondary N) is 1. The van der Waals surface area contributed by atoms with Crippen molar-refractivity contribution in [1.82, 2.24) is 10.2 Å². The molecule has 0 saturated carbocycles. The van der Waals surface area contributed by atoms with E-state index < -0.39 is 17.4 Å².